The van der Waals surface area contributed by atoms with Crippen LogP contribution in [-0.2, 0) is 28.6 Å². The van der Waals surface area contributed by atoms with Crippen molar-refractivity contribution in [2.24, 2.45) is 0 Å². The standard InChI is InChI=1S/C40H31NO26/c42-17-1-12(2-18(43)28(17)52)36(57)62-11-27-33(63-37(58)13-3-19(44)29(53)20(45)4-13)34(64-38(59)14-5-21(46)30(54)22(47)6-14)35(65-39(60)15-7-23(48)31(55)24(49)8-15)41(66-27)67-40(61)16-9-25(50)32(56)26(51)10-16/h1-10,27,33-35,42-56H,11H2/t27-,33-,34+,35-/m1/s1. The molecule has 27 nitrogen and oxygen atoms in total. The average molecular weight is 942 g/mol. The minimum atomic E-state index is -2.71. The maximum Gasteiger partial charge on any atom is 0.359 e. The number of hydroxylamine groups is 2. The van der Waals surface area contributed by atoms with Gasteiger partial charge in [0.05, 0.1) is 27.8 Å². The number of carbonyl (C=O) groups excluding carboxylic acids is 5. The topological polar surface area (TPSA) is 447 Å². The summed E-state index contributed by atoms with van der Waals surface area (Å²) in [6.07, 6.45) is -10.0. The maximum atomic E-state index is 13.9. The van der Waals surface area contributed by atoms with Crippen molar-refractivity contribution in [3.05, 3.63) is 88.5 Å². The van der Waals surface area contributed by atoms with Crippen LogP contribution in [0.15, 0.2) is 60.7 Å². The molecule has 0 saturated carbocycles. The van der Waals surface area contributed by atoms with E-state index < -0.39 is 175 Å². The van der Waals surface area contributed by atoms with Gasteiger partial charge in [0.25, 0.3) is 6.23 Å². The normalized spacial score (nSPS) is 16.9. The Morgan fingerprint density at radius 1 is 0.388 bits per heavy atom. The Kier molecular flexibility index (Phi) is 12.7. The van der Waals surface area contributed by atoms with Gasteiger partial charge in [0.1, 0.15) is 6.61 Å². The minimum Gasteiger partial charge on any atom is -0.504 e. The van der Waals surface area contributed by atoms with Crippen LogP contribution < -0.4 is 0 Å². The number of aromatic hydroxyl groups is 15. The summed E-state index contributed by atoms with van der Waals surface area (Å²) < 4.78 is 21.8. The number of nitrogens with zero attached hydrogens (tertiary/aromatic N) is 1. The minimum absolute atomic E-state index is 0.135. The Morgan fingerprint density at radius 2 is 0.657 bits per heavy atom. The second kappa shape index (κ2) is 18.2. The number of esters is 4. The molecule has 1 fully saturated rings. The lowest BCUT2D eigenvalue weighted by atomic mass is 10.0. The molecule has 4 atom stereocenters. The Morgan fingerprint density at radius 3 is 0.985 bits per heavy atom. The fourth-order valence-corrected chi connectivity index (χ4v) is 5.87. The molecule has 67 heavy (non-hydrogen) atoms. The quantitative estimate of drug-likeness (QED) is 0.0506. The molecule has 15 N–H and O–H groups in total. The van der Waals surface area contributed by atoms with Crippen LogP contribution in [0.1, 0.15) is 51.8 Å². The first kappa shape index (κ1) is 46.9. The monoisotopic (exact) mass is 941 g/mol. The van der Waals surface area contributed by atoms with Crippen LogP contribution in [0.4, 0.5) is 0 Å². The van der Waals surface area contributed by atoms with Crippen LogP contribution >= 0.6 is 0 Å². The van der Waals surface area contributed by atoms with Crippen molar-refractivity contribution < 1.29 is 129 Å². The average Bonchev–Trinajstić information content (AvgIpc) is 3.27. The molecule has 5 aromatic rings. The van der Waals surface area contributed by atoms with Gasteiger partial charge in [-0.1, -0.05) is 0 Å². The first-order chi connectivity index (χ1) is 31.4. The van der Waals surface area contributed by atoms with E-state index >= 15 is 0 Å². The third kappa shape index (κ3) is 9.66. The predicted octanol–water partition coefficient (Wildman–Crippen LogP) is 1.45. The summed E-state index contributed by atoms with van der Waals surface area (Å²) in [5.74, 6) is -24.8. The van der Waals surface area contributed by atoms with Gasteiger partial charge in [0.15, 0.2) is 105 Å². The number of phenolic OH excluding ortho intramolecular Hbond substituents is 15. The molecular formula is C40H31NO26. The predicted molar refractivity (Wildman–Crippen MR) is 207 cm³/mol. The zero-order valence-electron chi connectivity index (χ0n) is 32.9. The third-order valence-corrected chi connectivity index (χ3v) is 9.21. The van der Waals surface area contributed by atoms with Crippen molar-refractivity contribution in [1.29, 1.82) is 0 Å². The first-order valence-corrected chi connectivity index (χ1v) is 18.2. The van der Waals surface area contributed by atoms with Crippen LogP contribution in [0.25, 0.3) is 0 Å². The molecule has 0 radical (unpaired) electrons. The summed E-state index contributed by atoms with van der Waals surface area (Å²) >= 11 is 0. The number of rotatable bonds is 11. The maximum absolute atomic E-state index is 13.9. The molecule has 1 heterocycles. The zero-order valence-corrected chi connectivity index (χ0v) is 32.9. The van der Waals surface area contributed by atoms with Gasteiger partial charge < -0.3 is 100 Å². The Labute approximate surface area is 369 Å². The van der Waals surface area contributed by atoms with E-state index in [1.54, 1.807) is 0 Å². The van der Waals surface area contributed by atoms with E-state index in [0.29, 0.717) is 60.7 Å². The highest BCUT2D eigenvalue weighted by atomic mass is 17.0. The summed E-state index contributed by atoms with van der Waals surface area (Å²) in [6.45, 7) is -1.30. The van der Waals surface area contributed by atoms with Crippen LogP contribution in [0.2, 0.25) is 0 Å². The van der Waals surface area contributed by atoms with Crippen molar-refractivity contribution in [2.75, 3.05) is 6.61 Å². The van der Waals surface area contributed by atoms with Gasteiger partial charge in [-0.3, -0.25) is 4.84 Å². The highest BCUT2D eigenvalue weighted by Gasteiger charge is 2.55. The zero-order chi connectivity index (χ0) is 49.3. The van der Waals surface area contributed by atoms with Gasteiger partial charge in [-0.25, -0.2) is 24.0 Å². The molecule has 1 aliphatic rings. The Bertz CT molecular complexity index is 2730. The highest BCUT2D eigenvalue weighted by Crippen LogP contribution is 2.41. The Hall–Kier alpha value is -9.63. The number of carbonyl (C=O) groups is 5. The number of hydrogen-bond donors (Lipinski definition) is 15. The summed E-state index contributed by atoms with van der Waals surface area (Å²) in [5.41, 5.74) is -3.99. The lowest BCUT2D eigenvalue weighted by molar-refractivity contribution is -0.451. The van der Waals surface area contributed by atoms with E-state index in [1.807, 2.05) is 0 Å². The first-order valence-electron chi connectivity index (χ1n) is 18.2. The molecule has 0 aromatic heterocycles. The van der Waals surface area contributed by atoms with Crippen molar-refractivity contribution in [3.63, 3.8) is 0 Å². The number of hydrogen-bond acceptors (Lipinski definition) is 27. The third-order valence-electron chi connectivity index (χ3n) is 9.21. The second-order valence-electron chi connectivity index (χ2n) is 13.8. The lowest BCUT2D eigenvalue weighted by Gasteiger charge is -2.44. The summed E-state index contributed by atoms with van der Waals surface area (Å²) in [7, 11) is 0. The van der Waals surface area contributed by atoms with Gasteiger partial charge in [0, 0.05) is 5.23 Å². The van der Waals surface area contributed by atoms with E-state index in [1.165, 1.54) is 0 Å². The molecular weight excluding hydrogens is 910 g/mol. The molecule has 0 amide bonds. The van der Waals surface area contributed by atoms with Crippen molar-refractivity contribution >= 4 is 29.8 Å². The molecule has 0 spiro atoms. The van der Waals surface area contributed by atoms with Gasteiger partial charge in [-0.15, -0.1) is 0 Å². The molecule has 0 bridgehead atoms. The van der Waals surface area contributed by atoms with Gasteiger partial charge in [-0.05, 0) is 60.7 Å². The van der Waals surface area contributed by atoms with E-state index in [-0.39, 0.29) is 5.23 Å². The molecule has 1 saturated heterocycles. The largest absolute Gasteiger partial charge is 0.504 e. The van der Waals surface area contributed by atoms with Gasteiger partial charge in [-0.2, -0.15) is 0 Å². The second-order valence-corrected chi connectivity index (χ2v) is 13.8. The van der Waals surface area contributed by atoms with Crippen LogP contribution in [0.5, 0.6) is 86.2 Å². The summed E-state index contributed by atoms with van der Waals surface area (Å²) in [4.78, 5) is 79.3. The molecule has 352 valence electrons. The molecule has 1 aliphatic heterocycles. The van der Waals surface area contributed by atoms with Crippen molar-refractivity contribution in [2.45, 2.75) is 24.5 Å². The molecule has 27 heteroatoms. The molecule has 6 rings (SSSR count). The smallest absolute Gasteiger partial charge is 0.359 e. The van der Waals surface area contributed by atoms with E-state index in [9.17, 15) is 101 Å². The number of benzene rings is 5. The van der Waals surface area contributed by atoms with Crippen LogP contribution in [0, 0.1) is 0 Å². The van der Waals surface area contributed by atoms with E-state index in [4.69, 9.17) is 28.6 Å². The number of phenols is 15. The molecule has 5 aromatic carbocycles. The van der Waals surface area contributed by atoms with Crippen LogP contribution in [0.3, 0.4) is 0 Å². The Balaban J connectivity index is 1.52. The van der Waals surface area contributed by atoms with Gasteiger partial charge in [0.2, 0.25) is 0 Å². The lowest BCUT2D eigenvalue weighted by Crippen LogP contribution is -2.64. The summed E-state index contributed by atoms with van der Waals surface area (Å²) in [6, 6.07) is 5.44. The van der Waals surface area contributed by atoms with Crippen molar-refractivity contribution in [1.82, 2.24) is 5.23 Å². The van der Waals surface area contributed by atoms with E-state index in [2.05, 4.69) is 0 Å². The summed E-state index contributed by atoms with van der Waals surface area (Å²) in [5, 5.41) is 150. The highest BCUT2D eigenvalue weighted by molar-refractivity contribution is 5.94. The fraction of sp³-hybridized carbons (Fsp3) is 0.125. The molecule has 0 unspecified atom stereocenters. The van der Waals surface area contributed by atoms with Gasteiger partial charge >= 0.3 is 29.8 Å². The number of ether oxygens (including phenoxy) is 4. The van der Waals surface area contributed by atoms with Crippen molar-refractivity contribution in [3.8, 4) is 86.2 Å². The van der Waals surface area contributed by atoms with E-state index in [0.717, 1.165) is 0 Å². The fourth-order valence-electron chi connectivity index (χ4n) is 5.87. The van der Waals surface area contributed by atoms with Crippen LogP contribution in [-0.4, -0.2) is 143 Å². The molecule has 0 aliphatic carbocycles. The SMILES string of the molecule is O=C(OC[C@H]1ON(OC(=O)c2cc(O)c(O)c(O)c2)[C@H](OC(=O)c2cc(O)c(O)c(O)c2)[C@@H](OC(=O)c2cc(O)c(O)c(O)c2)[C@@H]1OC(=O)c1cc(O)c(O)c(O)c1)c1cc(O)c(O)c(O)c1.